The first-order valence-corrected chi connectivity index (χ1v) is 11.7. The third-order valence-electron chi connectivity index (χ3n) is 6.04. The van der Waals surface area contributed by atoms with Crippen LogP contribution in [-0.4, -0.2) is 74.2 Å². The first kappa shape index (κ1) is 27.6. The molecule has 0 saturated carbocycles. The van der Waals surface area contributed by atoms with Crippen LogP contribution in [0.1, 0.15) is 12.5 Å². The van der Waals surface area contributed by atoms with Crippen molar-refractivity contribution in [1.82, 2.24) is 9.55 Å². The Bertz CT molecular complexity index is 1220. The highest BCUT2D eigenvalue weighted by Gasteiger charge is 2.46. The van der Waals surface area contributed by atoms with Crippen molar-refractivity contribution in [2.24, 2.45) is 5.16 Å². The summed E-state index contributed by atoms with van der Waals surface area (Å²) in [6.45, 7) is 1.86. The van der Waals surface area contributed by atoms with Crippen LogP contribution < -0.4 is 4.74 Å². The Morgan fingerprint density at radius 1 is 0.974 bits per heavy atom. The van der Waals surface area contributed by atoms with Crippen LogP contribution in [0.3, 0.4) is 0 Å². The van der Waals surface area contributed by atoms with Crippen LogP contribution >= 0.6 is 0 Å². The van der Waals surface area contributed by atoms with Gasteiger partial charge in [-0.1, -0.05) is 23.4 Å². The fourth-order valence-electron chi connectivity index (χ4n) is 4.26. The van der Waals surface area contributed by atoms with E-state index in [1.54, 1.807) is 37.5 Å². The topological polar surface area (TPSA) is 85.6 Å². The zero-order valence-electron chi connectivity index (χ0n) is 21.2. The van der Waals surface area contributed by atoms with Gasteiger partial charge in [0, 0.05) is 38.8 Å². The summed E-state index contributed by atoms with van der Waals surface area (Å²) in [5.74, 6) is -0.294. The molecule has 0 bridgehead atoms. The van der Waals surface area contributed by atoms with E-state index in [1.807, 2.05) is 31.2 Å². The normalized spacial score (nSPS) is 24.0. The van der Waals surface area contributed by atoms with E-state index in [2.05, 4.69) is 14.9 Å². The second kappa shape index (κ2) is 11.9. The van der Waals surface area contributed by atoms with Crippen molar-refractivity contribution >= 4 is 6.21 Å². The van der Waals surface area contributed by atoms with Crippen LogP contribution in [0.15, 0.2) is 66.2 Å². The summed E-state index contributed by atoms with van der Waals surface area (Å²) < 4.78 is 65.3. The Hall–Kier alpha value is -3.45. The van der Waals surface area contributed by atoms with Crippen LogP contribution in [0, 0.1) is 0 Å². The molecule has 0 aliphatic carbocycles. The Morgan fingerprint density at radius 2 is 1.68 bits per heavy atom. The minimum atomic E-state index is -4.74. The molecule has 9 nitrogen and oxygen atoms in total. The number of rotatable bonds is 9. The Labute approximate surface area is 217 Å². The number of ether oxygens (including phenoxy) is 5. The standard InChI is InChI=1S/C26H28F3N3O6/c1-16-22(33-2)23(34-3)24(35-4)25(36-16)38-31-13-17-6-5-7-18(12-17)21-14-32(15-30-21)19-8-10-20(11-9-19)37-26(27,28)29/h5-16,22-25H,1-4H3/b31-13+/t16-,22-,23+,24+,25-/m0/s1. The van der Waals surface area contributed by atoms with Gasteiger partial charge in [0.15, 0.2) is 6.10 Å². The van der Waals surface area contributed by atoms with Gasteiger partial charge in [0.2, 0.25) is 0 Å². The second-order valence-electron chi connectivity index (χ2n) is 8.48. The molecule has 3 aromatic rings. The van der Waals surface area contributed by atoms with Gasteiger partial charge in [-0.25, -0.2) is 4.98 Å². The van der Waals surface area contributed by atoms with Crippen LogP contribution in [0.2, 0.25) is 0 Å². The number of oxime groups is 1. The number of hydrogen-bond acceptors (Lipinski definition) is 8. The van der Waals surface area contributed by atoms with Gasteiger partial charge >= 0.3 is 6.36 Å². The Balaban J connectivity index is 1.43. The molecule has 2 aromatic carbocycles. The summed E-state index contributed by atoms with van der Waals surface area (Å²) in [5, 5.41) is 4.09. The quantitative estimate of drug-likeness (QED) is 0.293. The lowest BCUT2D eigenvalue weighted by Crippen LogP contribution is -2.59. The third kappa shape index (κ3) is 6.51. The molecule has 1 aliphatic heterocycles. The van der Waals surface area contributed by atoms with Crippen LogP contribution in [0.4, 0.5) is 13.2 Å². The van der Waals surface area contributed by atoms with E-state index in [0.717, 1.165) is 11.1 Å². The molecule has 5 atom stereocenters. The van der Waals surface area contributed by atoms with E-state index in [1.165, 1.54) is 31.4 Å². The van der Waals surface area contributed by atoms with Gasteiger partial charge in [-0.15, -0.1) is 13.2 Å². The zero-order valence-corrected chi connectivity index (χ0v) is 21.2. The van der Waals surface area contributed by atoms with E-state index >= 15 is 0 Å². The van der Waals surface area contributed by atoms with Crippen molar-refractivity contribution in [1.29, 1.82) is 0 Å². The average Bonchev–Trinajstić information content (AvgIpc) is 3.38. The SMILES string of the molecule is CO[C@@H]1[C@@H](OC)[C@H](C)O[C@@H](O/N=C/c2cccc(-c3cn(-c4ccc(OC(F)(F)F)cc4)cn3)c2)[C@@H]1OC. The largest absolute Gasteiger partial charge is 0.573 e. The number of nitrogens with zero attached hydrogens (tertiary/aromatic N) is 3. The molecule has 1 fully saturated rings. The third-order valence-corrected chi connectivity index (χ3v) is 6.04. The number of halogens is 3. The summed E-state index contributed by atoms with van der Waals surface area (Å²) in [5.41, 5.74) is 2.85. The molecule has 2 heterocycles. The van der Waals surface area contributed by atoms with E-state index in [9.17, 15) is 13.2 Å². The number of aromatic nitrogens is 2. The molecular weight excluding hydrogens is 507 g/mol. The minimum Gasteiger partial charge on any atom is -0.406 e. The molecule has 204 valence electrons. The lowest BCUT2D eigenvalue weighted by molar-refractivity contribution is -0.305. The van der Waals surface area contributed by atoms with Gasteiger partial charge in [-0.05, 0) is 42.8 Å². The molecule has 0 spiro atoms. The van der Waals surface area contributed by atoms with Crippen LogP contribution in [0.25, 0.3) is 16.9 Å². The first-order valence-electron chi connectivity index (χ1n) is 11.7. The highest BCUT2D eigenvalue weighted by Crippen LogP contribution is 2.28. The number of hydrogen-bond donors (Lipinski definition) is 0. The van der Waals surface area contributed by atoms with Gasteiger partial charge in [-0.2, -0.15) is 0 Å². The van der Waals surface area contributed by atoms with Crippen LogP contribution in [-0.2, 0) is 23.8 Å². The smallest absolute Gasteiger partial charge is 0.406 e. The molecule has 1 aliphatic rings. The second-order valence-corrected chi connectivity index (χ2v) is 8.48. The first-order chi connectivity index (χ1) is 18.2. The van der Waals surface area contributed by atoms with Crippen molar-refractivity contribution in [3.63, 3.8) is 0 Å². The molecule has 0 unspecified atom stereocenters. The highest BCUT2D eigenvalue weighted by molar-refractivity contribution is 5.81. The molecule has 0 radical (unpaired) electrons. The summed E-state index contributed by atoms with van der Waals surface area (Å²) >= 11 is 0. The Kier molecular flexibility index (Phi) is 8.67. The van der Waals surface area contributed by atoms with Crippen molar-refractivity contribution in [2.45, 2.75) is 44.0 Å². The molecule has 12 heteroatoms. The van der Waals surface area contributed by atoms with Gasteiger partial charge in [0.05, 0.1) is 24.3 Å². The lowest BCUT2D eigenvalue weighted by Gasteiger charge is -2.42. The van der Waals surface area contributed by atoms with Crippen molar-refractivity contribution in [3.05, 3.63) is 66.6 Å². The maximum Gasteiger partial charge on any atom is 0.573 e. The highest BCUT2D eigenvalue weighted by atomic mass is 19.4. The average molecular weight is 536 g/mol. The Morgan fingerprint density at radius 3 is 2.34 bits per heavy atom. The fraction of sp³-hybridized carbons (Fsp3) is 0.385. The summed E-state index contributed by atoms with van der Waals surface area (Å²) in [6.07, 6.45) is -2.23. The van der Waals surface area contributed by atoms with Gasteiger partial charge in [0.1, 0.15) is 18.0 Å². The number of methoxy groups -OCH3 is 3. The molecule has 1 saturated heterocycles. The van der Waals surface area contributed by atoms with E-state index in [4.69, 9.17) is 23.8 Å². The van der Waals surface area contributed by atoms with Gasteiger partial charge in [-0.3, -0.25) is 0 Å². The maximum atomic E-state index is 12.4. The number of imidazole rings is 1. The van der Waals surface area contributed by atoms with Crippen molar-refractivity contribution in [2.75, 3.05) is 21.3 Å². The predicted octanol–water partition coefficient (Wildman–Crippen LogP) is 4.58. The lowest BCUT2D eigenvalue weighted by atomic mass is 9.99. The summed E-state index contributed by atoms with van der Waals surface area (Å²) in [4.78, 5) is 10.0. The maximum absolute atomic E-state index is 12.4. The van der Waals surface area contributed by atoms with Crippen molar-refractivity contribution < 1.29 is 41.7 Å². The molecule has 4 rings (SSSR count). The fourth-order valence-corrected chi connectivity index (χ4v) is 4.26. The van der Waals surface area contributed by atoms with Gasteiger partial charge in [0.25, 0.3) is 6.29 Å². The summed E-state index contributed by atoms with van der Waals surface area (Å²) in [7, 11) is 4.70. The summed E-state index contributed by atoms with van der Waals surface area (Å²) in [6, 6.07) is 13.0. The van der Waals surface area contributed by atoms with Crippen LogP contribution in [0.5, 0.6) is 5.75 Å². The molecular formula is C26H28F3N3O6. The van der Waals surface area contributed by atoms with E-state index in [0.29, 0.717) is 11.4 Å². The molecule has 1 aromatic heterocycles. The number of alkyl halides is 3. The molecule has 0 N–H and O–H groups in total. The zero-order chi connectivity index (χ0) is 27.3. The van der Waals surface area contributed by atoms with E-state index < -0.39 is 24.9 Å². The monoisotopic (exact) mass is 535 g/mol. The van der Waals surface area contributed by atoms with E-state index in [-0.39, 0.29) is 18.0 Å². The minimum absolute atomic E-state index is 0.294. The van der Waals surface area contributed by atoms with Crippen molar-refractivity contribution in [3.8, 4) is 22.7 Å². The molecule has 0 amide bonds. The predicted molar refractivity (Wildman–Crippen MR) is 131 cm³/mol. The number of benzene rings is 2. The molecule has 38 heavy (non-hydrogen) atoms. The van der Waals surface area contributed by atoms with Gasteiger partial charge < -0.3 is 33.1 Å².